The summed E-state index contributed by atoms with van der Waals surface area (Å²) >= 11 is 0. The molecule has 3 nitrogen and oxygen atoms in total. The molecule has 0 aliphatic heterocycles. The minimum Gasteiger partial charge on any atom is -0.377 e. The summed E-state index contributed by atoms with van der Waals surface area (Å²) in [4.78, 5) is 0. The van der Waals surface area contributed by atoms with Gasteiger partial charge in [0.05, 0.1) is 12.1 Å². The molecule has 0 amide bonds. The first-order valence-corrected chi connectivity index (χ1v) is 6.32. The SMILES string of the molecule is CCCC(C)C(NN)C(OCC)C1CC1. The van der Waals surface area contributed by atoms with Gasteiger partial charge in [-0.05, 0) is 38.0 Å². The fourth-order valence-electron chi connectivity index (χ4n) is 2.37. The Hall–Kier alpha value is -0.120. The summed E-state index contributed by atoms with van der Waals surface area (Å²) in [6.45, 7) is 7.34. The normalized spacial score (nSPS) is 22.4. The Morgan fingerprint density at radius 2 is 2.07 bits per heavy atom. The molecule has 1 saturated carbocycles. The molecule has 3 unspecified atom stereocenters. The van der Waals surface area contributed by atoms with Crippen LogP contribution in [0.4, 0.5) is 0 Å². The lowest BCUT2D eigenvalue weighted by atomic mass is 9.91. The highest BCUT2D eigenvalue weighted by Gasteiger charge is 2.38. The molecule has 0 aromatic carbocycles. The summed E-state index contributed by atoms with van der Waals surface area (Å²) in [6.07, 6.45) is 5.36. The third-order valence-electron chi connectivity index (χ3n) is 3.35. The van der Waals surface area contributed by atoms with Crippen molar-refractivity contribution in [3.05, 3.63) is 0 Å². The quantitative estimate of drug-likeness (QED) is 0.480. The Morgan fingerprint density at radius 3 is 2.47 bits per heavy atom. The number of hydrogen-bond donors (Lipinski definition) is 2. The second kappa shape index (κ2) is 6.46. The molecule has 0 radical (unpaired) electrons. The lowest BCUT2D eigenvalue weighted by Crippen LogP contribution is -2.50. The molecule has 1 aliphatic rings. The summed E-state index contributed by atoms with van der Waals surface area (Å²) in [5, 5.41) is 0. The van der Waals surface area contributed by atoms with Crippen LogP contribution in [0, 0.1) is 11.8 Å². The molecule has 90 valence electrons. The van der Waals surface area contributed by atoms with Crippen molar-refractivity contribution in [1.82, 2.24) is 5.43 Å². The van der Waals surface area contributed by atoms with Gasteiger partial charge >= 0.3 is 0 Å². The average molecular weight is 214 g/mol. The van der Waals surface area contributed by atoms with Gasteiger partial charge in [-0.1, -0.05) is 20.3 Å². The Bertz CT molecular complexity index is 171. The number of nitrogens with two attached hydrogens (primary N) is 1. The van der Waals surface area contributed by atoms with E-state index in [4.69, 9.17) is 10.6 Å². The zero-order valence-electron chi connectivity index (χ0n) is 10.3. The van der Waals surface area contributed by atoms with Gasteiger partial charge in [-0.15, -0.1) is 0 Å². The number of hydrazine groups is 1. The van der Waals surface area contributed by atoms with Gasteiger partial charge in [0.15, 0.2) is 0 Å². The van der Waals surface area contributed by atoms with E-state index in [0.717, 1.165) is 12.5 Å². The predicted octanol–water partition coefficient (Wildman–Crippen LogP) is 2.07. The highest BCUT2D eigenvalue weighted by Crippen LogP contribution is 2.37. The van der Waals surface area contributed by atoms with Crippen LogP contribution in [0.3, 0.4) is 0 Å². The van der Waals surface area contributed by atoms with Crippen LogP contribution in [-0.4, -0.2) is 18.8 Å². The minimum absolute atomic E-state index is 0.317. The van der Waals surface area contributed by atoms with E-state index in [-0.39, 0.29) is 0 Å². The lowest BCUT2D eigenvalue weighted by molar-refractivity contribution is 0.00383. The van der Waals surface area contributed by atoms with E-state index < -0.39 is 0 Å². The van der Waals surface area contributed by atoms with Gasteiger partial charge in [-0.2, -0.15) is 0 Å². The van der Waals surface area contributed by atoms with Crippen molar-refractivity contribution in [2.24, 2.45) is 17.7 Å². The van der Waals surface area contributed by atoms with Crippen molar-refractivity contribution in [2.75, 3.05) is 6.61 Å². The fraction of sp³-hybridized carbons (Fsp3) is 1.00. The summed E-state index contributed by atoms with van der Waals surface area (Å²) in [5.74, 6) is 7.01. The van der Waals surface area contributed by atoms with E-state index in [1.807, 2.05) is 0 Å². The van der Waals surface area contributed by atoms with E-state index in [0.29, 0.717) is 18.1 Å². The molecule has 0 saturated heterocycles. The van der Waals surface area contributed by atoms with Crippen molar-refractivity contribution in [1.29, 1.82) is 0 Å². The van der Waals surface area contributed by atoms with Gasteiger partial charge in [0.1, 0.15) is 0 Å². The van der Waals surface area contributed by atoms with Gasteiger partial charge < -0.3 is 4.74 Å². The molecule has 1 rings (SSSR count). The molecule has 1 aliphatic carbocycles. The maximum atomic E-state index is 5.84. The monoisotopic (exact) mass is 214 g/mol. The largest absolute Gasteiger partial charge is 0.377 e. The molecular formula is C12H26N2O. The van der Waals surface area contributed by atoms with E-state index in [1.54, 1.807) is 0 Å². The summed E-state index contributed by atoms with van der Waals surface area (Å²) in [5.41, 5.74) is 2.97. The molecule has 0 spiro atoms. The second-order valence-electron chi connectivity index (χ2n) is 4.72. The van der Waals surface area contributed by atoms with Gasteiger partial charge in [-0.3, -0.25) is 11.3 Å². The standard InChI is InChI=1S/C12H26N2O/c1-4-6-9(3)11(14-13)12(15-5-2)10-7-8-10/h9-12,14H,4-8,13H2,1-3H3. The summed E-state index contributed by atoms with van der Waals surface area (Å²) in [7, 11) is 0. The maximum Gasteiger partial charge on any atom is 0.0771 e. The average Bonchev–Trinajstić information content (AvgIpc) is 3.01. The summed E-state index contributed by atoms with van der Waals surface area (Å²) < 4.78 is 5.84. The molecular weight excluding hydrogens is 188 g/mol. The van der Waals surface area contributed by atoms with Crippen LogP contribution in [0.5, 0.6) is 0 Å². The Balaban J connectivity index is 2.51. The maximum absolute atomic E-state index is 5.84. The van der Waals surface area contributed by atoms with Crippen molar-refractivity contribution < 1.29 is 4.74 Å². The molecule has 3 heteroatoms. The smallest absolute Gasteiger partial charge is 0.0771 e. The highest BCUT2D eigenvalue weighted by atomic mass is 16.5. The Labute approximate surface area is 93.7 Å². The predicted molar refractivity (Wildman–Crippen MR) is 63.3 cm³/mol. The van der Waals surface area contributed by atoms with Crippen LogP contribution in [0.25, 0.3) is 0 Å². The zero-order chi connectivity index (χ0) is 11.3. The molecule has 0 aromatic heterocycles. The molecule has 1 fully saturated rings. The van der Waals surface area contributed by atoms with Crippen molar-refractivity contribution in [3.8, 4) is 0 Å². The van der Waals surface area contributed by atoms with E-state index >= 15 is 0 Å². The highest BCUT2D eigenvalue weighted by molar-refractivity contribution is 4.91. The first-order chi connectivity index (χ1) is 7.24. The topological polar surface area (TPSA) is 47.3 Å². The molecule has 3 atom stereocenters. The first kappa shape index (κ1) is 12.9. The van der Waals surface area contributed by atoms with Crippen molar-refractivity contribution in [2.45, 2.75) is 58.6 Å². The third-order valence-corrected chi connectivity index (χ3v) is 3.35. The third kappa shape index (κ3) is 3.74. The van der Waals surface area contributed by atoms with E-state index in [9.17, 15) is 0 Å². The number of hydrogen-bond acceptors (Lipinski definition) is 3. The number of rotatable bonds is 8. The van der Waals surface area contributed by atoms with Crippen LogP contribution in [-0.2, 0) is 4.74 Å². The van der Waals surface area contributed by atoms with Crippen LogP contribution in [0.15, 0.2) is 0 Å². The van der Waals surface area contributed by atoms with Crippen molar-refractivity contribution in [3.63, 3.8) is 0 Å². The van der Waals surface area contributed by atoms with Crippen LogP contribution < -0.4 is 11.3 Å². The van der Waals surface area contributed by atoms with E-state index in [1.165, 1.54) is 25.7 Å². The van der Waals surface area contributed by atoms with Crippen LogP contribution in [0.2, 0.25) is 0 Å². The Kier molecular flexibility index (Phi) is 5.58. The number of nitrogens with one attached hydrogen (secondary N) is 1. The fourth-order valence-corrected chi connectivity index (χ4v) is 2.37. The Morgan fingerprint density at radius 1 is 1.40 bits per heavy atom. The molecule has 0 bridgehead atoms. The lowest BCUT2D eigenvalue weighted by Gasteiger charge is -2.31. The summed E-state index contributed by atoms with van der Waals surface area (Å²) in [6, 6.07) is 0.317. The van der Waals surface area contributed by atoms with Gasteiger partial charge in [-0.25, -0.2) is 0 Å². The van der Waals surface area contributed by atoms with Gasteiger partial charge in [0, 0.05) is 6.61 Å². The molecule has 15 heavy (non-hydrogen) atoms. The zero-order valence-corrected chi connectivity index (χ0v) is 10.3. The second-order valence-corrected chi connectivity index (χ2v) is 4.72. The first-order valence-electron chi connectivity index (χ1n) is 6.32. The van der Waals surface area contributed by atoms with Gasteiger partial charge in [0.25, 0.3) is 0 Å². The van der Waals surface area contributed by atoms with Gasteiger partial charge in [0.2, 0.25) is 0 Å². The molecule has 0 heterocycles. The van der Waals surface area contributed by atoms with Crippen LogP contribution in [0.1, 0.15) is 46.5 Å². The molecule has 3 N–H and O–H groups in total. The molecule has 0 aromatic rings. The minimum atomic E-state index is 0.317. The van der Waals surface area contributed by atoms with Crippen LogP contribution >= 0.6 is 0 Å². The van der Waals surface area contributed by atoms with Crippen molar-refractivity contribution >= 4 is 0 Å². The van der Waals surface area contributed by atoms with E-state index in [2.05, 4.69) is 26.2 Å². The number of ether oxygens (including phenoxy) is 1.